The van der Waals surface area contributed by atoms with Gasteiger partial charge in [-0.3, -0.25) is 0 Å². The molecule has 2 unspecified atom stereocenters. The summed E-state index contributed by atoms with van der Waals surface area (Å²) in [5, 5.41) is 5.50. The summed E-state index contributed by atoms with van der Waals surface area (Å²) in [4.78, 5) is 3.82. The summed E-state index contributed by atoms with van der Waals surface area (Å²) < 4.78 is 2.39. The number of aromatic nitrogens is 1. The van der Waals surface area contributed by atoms with Gasteiger partial charge in [0.1, 0.15) is 0 Å². The molecule has 0 bridgehead atoms. The maximum atomic E-state index is 2.45. The molecule has 10 rings (SSSR count). The first-order valence-corrected chi connectivity index (χ1v) is 17.8. The van der Waals surface area contributed by atoms with Gasteiger partial charge in [-0.05, 0) is 94.2 Å². The molecule has 3 heteroatoms. The Morgan fingerprint density at radius 3 is 1.90 bits per heavy atom. The smallest absolute Gasteiger partial charge is 0.0541 e. The van der Waals surface area contributed by atoms with Gasteiger partial charge >= 0.3 is 0 Å². The molecule has 8 aromatic rings. The minimum Gasteiger partial charge on any atom is -0.310 e. The zero-order valence-corrected chi connectivity index (χ0v) is 27.6. The van der Waals surface area contributed by atoms with Crippen LogP contribution in [0, 0.1) is 0 Å². The summed E-state index contributed by atoms with van der Waals surface area (Å²) in [6, 6.07) is 57.7. The summed E-state index contributed by atoms with van der Waals surface area (Å²) in [5.74, 6) is 0.345. The van der Waals surface area contributed by atoms with Crippen LogP contribution in [0.2, 0.25) is 0 Å². The van der Waals surface area contributed by atoms with E-state index >= 15 is 0 Å². The highest BCUT2D eigenvalue weighted by atomic mass is 32.2. The third kappa shape index (κ3) is 4.65. The van der Waals surface area contributed by atoms with Crippen LogP contribution in [0.4, 0.5) is 17.1 Å². The van der Waals surface area contributed by atoms with Crippen molar-refractivity contribution in [3.05, 3.63) is 188 Å². The molecule has 0 spiro atoms. The fraction of sp³-hybridized carbons (Fsp3) is 0.0435. The molecule has 0 N–H and O–H groups in total. The zero-order valence-electron chi connectivity index (χ0n) is 26.8. The van der Waals surface area contributed by atoms with E-state index in [2.05, 4.69) is 191 Å². The van der Waals surface area contributed by atoms with Crippen molar-refractivity contribution in [3.63, 3.8) is 0 Å². The van der Waals surface area contributed by atoms with Gasteiger partial charge < -0.3 is 9.47 Å². The number of thioether (sulfide) groups is 1. The summed E-state index contributed by atoms with van der Waals surface area (Å²) in [7, 11) is 0. The second-order valence-corrected chi connectivity index (χ2v) is 14.1. The number of para-hydroxylation sites is 2. The number of allylic oxidation sites excluding steroid dienone is 3. The van der Waals surface area contributed by atoms with Crippen molar-refractivity contribution in [2.75, 3.05) is 4.90 Å². The van der Waals surface area contributed by atoms with Crippen LogP contribution in [0.25, 0.3) is 49.4 Å². The molecule has 0 fully saturated rings. The molecule has 1 aromatic heterocycles. The van der Waals surface area contributed by atoms with Crippen LogP contribution < -0.4 is 4.90 Å². The molecule has 49 heavy (non-hydrogen) atoms. The normalized spacial score (nSPS) is 16.3. The molecular weight excluding hydrogens is 613 g/mol. The van der Waals surface area contributed by atoms with E-state index in [0.717, 1.165) is 17.1 Å². The van der Waals surface area contributed by atoms with Crippen molar-refractivity contribution in [1.82, 2.24) is 4.57 Å². The molecular formula is C46H32N2S. The molecule has 7 aromatic carbocycles. The Kier molecular flexibility index (Phi) is 6.60. The van der Waals surface area contributed by atoms with Crippen molar-refractivity contribution in [2.45, 2.75) is 16.1 Å². The zero-order chi connectivity index (χ0) is 32.3. The first kappa shape index (κ1) is 28.3. The number of anilines is 3. The summed E-state index contributed by atoms with van der Waals surface area (Å²) in [5.41, 5.74) is 11.0. The monoisotopic (exact) mass is 644 g/mol. The van der Waals surface area contributed by atoms with Crippen LogP contribution in [0.3, 0.4) is 0 Å². The molecule has 0 saturated carbocycles. The van der Waals surface area contributed by atoms with Gasteiger partial charge in [-0.15, -0.1) is 11.8 Å². The topological polar surface area (TPSA) is 8.17 Å². The number of fused-ring (bicyclic) bond motifs is 7. The average Bonchev–Trinajstić information content (AvgIpc) is 3.72. The Morgan fingerprint density at radius 1 is 0.510 bits per heavy atom. The first-order chi connectivity index (χ1) is 24.3. The lowest BCUT2D eigenvalue weighted by molar-refractivity contribution is 0.878. The van der Waals surface area contributed by atoms with Crippen LogP contribution in [0.1, 0.15) is 11.5 Å². The van der Waals surface area contributed by atoms with Crippen molar-refractivity contribution < 1.29 is 0 Å². The van der Waals surface area contributed by atoms with Crippen LogP contribution in [-0.4, -0.2) is 9.82 Å². The fourth-order valence-electron chi connectivity index (χ4n) is 7.82. The Morgan fingerprint density at radius 2 is 1.14 bits per heavy atom. The predicted molar refractivity (Wildman–Crippen MR) is 209 cm³/mol. The van der Waals surface area contributed by atoms with Gasteiger partial charge in [-0.1, -0.05) is 115 Å². The SMILES string of the molecule is C1=CC2Sc3cccc(N(c4ccc(-c5ccc6ccccc6c5)cc4)c4ccc(-n5c6ccccc6c6ccccc65)cc4)c3C2C=C1. The summed E-state index contributed by atoms with van der Waals surface area (Å²) in [6.45, 7) is 0. The maximum Gasteiger partial charge on any atom is 0.0541 e. The van der Waals surface area contributed by atoms with Gasteiger partial charge in [-0.2, -0.15) is 0 Å². The van der Waals surface area contributed by atoms with Gasteiger partial charge in [-0.25, -0.2) is 0 Å². The van der Waals surface area contributed by atoms with E-state index in [1.807, 2.05) is 11.8 Å². The standard InChI is InChI=1S/C46H32N2S/c1-2-11-33-30-34(21-20-31(33)10-1)32-22-24-35(25-23-32)47(43-17-9-19-45-46(43)40-14-5-8-18-44(40)49-45)36-26-28-37(29-27-36)48-41-15-6-3-12-38(41)39-13-4-7-16-42(39)48/h1-30,40,44H. The fourth-order valence-corrected chi connectivity index (χ4v) is 9.18. The second-order valence-electron chi connectivity index (χ2n) is 12.9. The molecule has 2 nitrogen and oxygen atoms in total. The van der Waals surface area contributed by atoms with E-state index in [1.54, 1.807) is 0 Å². The van der Waals surface area contributed by atoms with E-state index in [4.69, 9.17) is 0 Å². The van der Waals surface area contributed by atoms with Gasteiger partial charge in [0.2, 0.25) is 0 Å². The van der Waals surface area contributed by atoms with Crippen molar-refractivity contribution >= 4 is 61.4 Å². The highest BCUT2D eigenvalue weighted by Gasteiger charge is 2.34. The molecule has 0 radical (unpaired) electrons. The largest absolute Gasteiger partial charge is 0.310 e. The lowest BCUT2D eigenvalue weighted by Gasteiger charge is -2.29. The van der Waals surface area contributed by atoms with Gasteiger partial charge in [0.15, 0.2) is 0 Å². The van der Waals surface area contributed by atoms with Crippen LogP contribution >= 0.6 is 11.8 Å². The molecule has 232 valence electrons. The highest BCUT2D eigenvalue weighted by molar-refractivity contribution is 8.00. The summed E-state index contributed by atoms with van der Waals surface area (Å²) >= 11 is 1.98. The average molecular weight is 645 g/mol. The third-order valence-corrected chi connectivity index (χ3v) is 11.5. The number of rotatable bonds is 5. The first-order valence-electron chi connectivity index (χ1n) is 16.9. The number of hydrogen-bond donors (Lipinski definition) is 0. The summed E-state index contributed by atoms with van der Waals surface area (Å²) in [6.07, 6.45) is 9.12. The van der Waals surface area contributed by atoms with Crippen molar-refractivity contribution in [1.29, 1.82) is 0 Å². The number of benzene rings is 7. The molecule has 2 aliphatic rings. The van der Waals surface area contributed by atoms with Crippen molar-refractivity contribution in [2.24, 2.45) is 0 Å². The molecule has 1 aliphatic carbocycles. The molecule has 1 aliphatic heterocycles. The third-order valence-electron chi connectivity index (χ3n) is 10.1. The number of nitrogens with zero attached hydrogens (tertiary/aromatic N) is 2. The van der Waals surface area contributed by atoms with E-state index in [0.29, 0.717) is 11.2 Å². The van der Waals surface area contributed by atoms with Crippen LogP contribution in [0.15, 0.2) is 187 Å². The van der Waals surface area contributed by atoms with E-state index in [-0.39, 0.29) is 0 Å². The molecule has 2 heterocycles. The van der Waals surface area contributed by atoms with Crippen LogP contribution in [0.5, 0.6) is 0 Å². The van der Waals surface area contributed by atoms with Gasteiger partial charge in [0, 0.05) is 43.9 Å². The number of hydrogen-bond acceptors (Lipinski definition) is 2. The Bertz CT molecular complexity index is 2540. The lowest BCUT2D eigenvalue weighted by atomic mass is 9.90. The van der Waals surface area contributed by atoms with Crippen molar-refractivity contribution in [3.8, 4) is 16.8 Å². The predicted octanol–water partition coefficient (Wildman–Crippen LogP) is 12.8. The maximum absolute atomic E-state index is 2.45. The quantitative estimate of drug-likeness (QED) is 0.184. The minimum atomic E-state index is 0.345. The Labute approximate surface area is 290 Å². The Hall–Kier alpha value is -5.77. The highest BCUT2D eigenvalue weighted by Crippen LogP contribution is 2.53. The van der Waals surface area contributed by atoms with Gasteiger partial charge in [0.05, 0.1) is 16.7 Å². The van der Waals surface area contributed by atoms with Crippen LogP contribution in [-0.2, 0) is 0 Å². The second kappa shape index (κ2) is 11.4. The Balaban J connectivity index is 1.11. The molecule has 0 saturated heterocycles. The molecule has 2 atom stereocenters. The van der Waals surface area contributed by atoms with E-state index in [9.17, 15) is 0 Å². The minimum absolute atomic E-state index is 0.345. The van der Waals surface area contributed by atoms with E-state index in [1.165, 1.54) is 59.9 Å². The van der Waals surface area contributed by atoms with Gasteiger partial charge in [0.25, 0.3) is 0 Å². The van der Waals surface area contributed by atoms with E-state index < -0.39 is 0 Å². The lowest BCUT2D eigenvalue weighted by Crippen LogP contribution is -2.15. The molecule has 0 amide bonds.